The molecule has 0 radical (unpaired) electrons. The minimum atomic E-state index is -1.87. The summed E-state index contributed by atoms with van der Waals surface area (Å²) in [6.07, 6.45) is 0.879. The van der Waals surface area contributed by atoms with Crippen molar-refractivity contribution in [1.29, 1.82) is 0 Å². The topological polar surface area (TPSA) is 40.5 Å². The van der Waals surface area contributed by atoms with Crippen molar-refractivity contribution in [2.45, 2.75) is 52.6 Å². The smallest absolute Gasteiger partial charge is 0.235 e. The molecule has 0 saturated carbocycles. The van der Waals surface area contributed by atoms with Crippen LogP contribution in [0.3, 0.4) is 0 Å². The molecule has 0 bridgehead atoms. The zero-order valence-corrected chi connectivity index (χ0v) is 9.31. The van der Waals surface area contributed by atoms with Crippen molar-refractivity contribution in [2.24, 2.45) is 0 Å². The number of nitrogens with zero attached hydrogens (tertiary/aromatic N) is 1. The Morgan fingerprint density at radius 1 is 1.50 bits per heavy atom. The van der Waals surface area contributed by atoms with Gasteiger partial charge in [0, 0.05) is 11.6 Å². The fraction of sp³-hybridized carbons (Fsp3) is 1.00. The van der Waals surface area contributed by atoms with Crippen LogP contribution in [0.25, 0.3) is 0 Å². The molecule has 0 aromatic heterocycles. The first-order valence-electron chi connectivity index (χ1n) is 4.21. The first-order chi connectivity index (χ1) is 5.30. The lowest BCUT2D eigenvalue weighted by molar-refractivity contribution is 0.192. The highest BCUT2D eigenvalue weighted by atomic mass is 32.2. The summed E-state index contributed by atoms with van der Waals surface area (Å²) in [6, 6.07) is 0.135. The summed E-state index contributed by atoms with van der Waals surface area (Å²) >= 11 is -1.87. The summed E-state index contributed by atoms with van der Waals surface area (Å²) in [5.41, 5.74) is -0.255. The van der Waals surface area contributed by atoms with E-state index in [1.807, 2.05) is 34.6 Å². The molecule has 2 unspecified atom stereocenters. The summed E-state index contributed by atoms with van der Waals surface area (Å²) < 4.78 is 21.6. The van der Waals surface area contributed by atoms with E-state index in [2.05, 4.69) is 0 Å². The molecule has 0 fully saturated rings. The van der Waals surface area contributed by atoms with Crippen LogP contribution in [-0.2, 0) is 11.3 Å². The molecular formula is C8H19NO2S. The van der Waals surface area contributed by atoms with E-state index in [4.69, 9.17) is 4.55 Å². The van der Waals surface area contributed by atoms with Crippen LogP contribution >= 0.6 is 0 Å². The van der Waals surface area contributed by atoms with E-state index in [1.165, 1.54) is 0 Å². The Labute approximate surface area is 77.6 Å². The lowest BCUT2D eigenvalue weighted by Crippen LogP contribution is -2.47. The minimum absolute atomic E-state index is 0.135. The molecular weight excluding hydrogens is 174 g/mol. The fourth-order valence-electron chi connectivity index (χ4n) is 1.22. The van der Waals surface area contributed by atoms with Crippen LogP contribution < -0.4 is 0 Å². The van der Waals surface area contributed by atoms with Crippen molar-refractivity contribution >= 4 is 11.3 Å². The molecule has 0 aromatic rings. The average Bonchev–Trinajstić information content (AvgIpc) is 1.83. The van der Waals surface area contributed by atoms with Crippen molar-refractivity contribution in [1.82, 2.24) is 4.31 Å². The van der Waals surface area contributed by atoms with Crippen LogP contribution in [0.15, 0.2) is 0 Å². The first kappa shape index (κ1) is 12.1. The van der Waals surface area contributed by atoms with Crippen LogP contribution in [0, 0.1) is 0 Å². The normalized spacial score (nSPS) is 17.9. The maximum atomic E-state index is 11.0. The van der Waals surface area contributed by atoms with Crippen LogP contribution in [0.1, 0.15) is 41.0 Å². The molecule has 74 valence electrons. The molecule has 2 atom stereocenters. The molecule has 0 aliphatic carbocycles. The Bertz CT molecular complexity index is 165. The zero-order valence-electron chi connectivity index (χ0n) is 8.50. The van der Waals surface area contributed by atoms with Gasteiger partial charge >= 0.3 is 0 Å². The van der Waals surface area contributed by atoms with Gasteiger partial charge in [-0.1, -0.05) is 6.92 Å². The molecule has 4 heteroatoms. The van der Waals surface area contributed by atoms with Gasteiger partial charge < -0.3 is 0 Å². The molecule has 1 N–H and O–H groups in total. The molecule has 0 spiro atoms. The molecule has 0 heterocycles. The fourth-order valence-corrected chi connectivity index (χ4v) is 2.14. The molecule has 0 saturated heterocycles. The first-order valence-corrected chi connectivity index (χ1v) is 5.27. The highest BCUT2D eigenvalue weighted by Crippen LogP contribution is 2.19. The van der Waals surface area contributed by atoms with Gasteiger partial charge in [0.15, 0.2) is 0 Å². The molecule has 12 heavy (non-hydrogen) atoms. The number of hydrogen-bond donors (Lipinski definition) is 1. The summed E-state index contributed by atoms with van der Waals surface area (Å²) in [7, 11) is 0. The Balaban J connectivity index is 4.56. The second-order valence-corrected chi connectivity index (χ2v) is 4.84. The predicted octanol–water partition coefficient (Wildman–Crippen LogP) is 2.02. The summed E-state index contributed by atoms with van der Waals surface area (Å²) in [5.74, 6) is 0. The Morgan fingerprint density at radius 3 is 2.00 bits per heavy atom. The third-order valence-electron chi connectivity index (χ3n) is 1.82. The maximum Gasteiger partial charge on any atom is 0.235 e. The Hall–Kier alpha value is 0.0700. The molecule has 0 aliphatic heterocycles. The second kappa shape index (κ2) is 4.35. The third-order valence-corrected chi connectivity index (χ3v) is 3.06. The van der Waals surface area contributed by atoms with E-state index in [-0.39, 0.29) is 11.6 Å². The van der Waals surface area contributed by atoms with Crippen LogP contribution in [0.2, 0.25) is 0 Å². The summed E-state index contributed by atoms with van der Waals surface area (Å²) in [6.45, 7) is 9.78. The summed E-state index contributed by atoms with van der Waals surface area (Å²) in [5, 5.41) is 0. The van der Waals surface area contributed by atoms with Gasteiger partial charge in [0.1, 0.15) is 0 Å². The number of hydrogen-bond acceptors (Lipinski definition) is 1. The predicted molar refractivity (Wildman–Crippen MR) is 52.1 cm³/mol. The van der Waals surface area contributed by atoms with Crippen LogP contribution in [0.5, 0.6) is 0 Å². The number of rotatable bonds is 3. The molecule has 0 aromatic carbocycles. The quantitative estimate of drug-likeness (QED) is 0.697. The summed E-state index contributed by atoms with van der Waals surface area (Å²) in [4.78, 5) is 0. The van der Waals surface area contributed by atoms with Gasteiger partial charge in [-0.25, -0.2) is 4.21 Å². The second-order valence-electron chi connectivity index (χ2n) is 3.98. The lowest BCUT2D eigenvalue weighted by Gasteiger charge is -2.35. The Morgan fingerprint density at radius 2 is 1.92 bits per heavy atom. The van der Waals surface area contributed by atoms with E-state index in [1.54, 1.807) is 4.31 Å². The van der Waals surface area contributed by atoms with Gasteiger partial charge in [-0.05, 0) is 34.1 Å². The molecule has 0 amide bonds. The van der Waals surface area contributed by atoms with E-state index < -0.39 is 11.3 Å². The van der Waals surface area contributed by atoms with E-state index in [0.717, 1.165) is 6.42 Å². The van der Waals surface area contributed by atoms with Crippen molar-refractivity contribution in [3.05, 3.63) is 0 Å². The van der Waals surface area contributed by atoms with Crippen molar-refractivity contribution in [3.63, 3.8) is 0 Å². The monoisotopic (exact) mass is 193 g/mol. The molecule has 0 aliphatic rings. The third kappa shape index (κ3) is 3.21. The SMILES string of the molecule is CCC(C)N(S(=O)O)C(C)(C)C. The van der Waals surface area contributed by atoms with Crippen molar-refractivity contribution < 1.29 is 8.76 Å². The molecule has 3 nitrogen and oxygen atoms in total. The van der Waals surface area contributed by atoms with Gasteiger partial charge in [-0.2, -0.15) is 4.31 Å². The maximum absolute atomic E-state index is 11.0. The van der Waals surface area contributed by atoms with Gasteiger partial charge in [-0.3, -0.25) is 4.55 Å². The largest absolute Gasteiger partial charge is 0.294 e. The van der Waals surface area contributed by atoms with E-state index in [9.17, 15) is 4.21 Å². The van der Waals surface area contributed by atoms with Gasteiger partial charge in [0.05, 0.1) is 0 Å². The van der Waals surface area contributed by atoms with Gasteiger partial charge in [0.2, 0.25) is 11.3 Å². The molecule has 0 rings (SSSR count). The van der Waals surface area contributed by atoms with E-state index >= 15 is 0 Å². The van der Waals surface area contributed by atoms with Crippen molar-refractivity contribution in [2.75, 3.05) is 0 Å². The van der Waals surface area contributed by atoms with E-state index in [0.29, 0.717) is 0 Å². The van der Waals surface area contributed by atoms with Gasteiger partial charge in [0.25, 0.3) is 0 Å². The van der Waals surface area contributed by atoms with Crippen LogP contribution in [-0.4, -0.2) is 24.6 Å². The van der Waals surface area contributed by atoms with Gasteiger partial charge in [-0.15, -0.1) is 0 Å². The van der Waals surface area contributed by atoms with Crippen LogP contribution in [0.4, 0.5) is 0 Å². The standard InChI is InChI=1S/C8H19NO2S/c1-6-7(2)9(12(10)11)8(3,4)5/h7H,6H2,1-5H3,(H,10,11). The highest BCUT2D eigenvalue weighted by Gasteiger charge is 2.29. The Kier molecular flexibility index (Phi) is 4.37. The lowest BCUT2D eigenvalue weighted by atomic mass is 10.1. The highest BCUT2D eigenvalue weighted by molar-refractivity contribution is 7.76. The average molecular weight is 193 g/mol. The van der Waals surface area contributed by atoms with Crippen molar-refractivity contribution in [3.8, 4) is 0 Å². The zero-order chi connectivity index (χ0) is 9.94. The minimum Gasteiger partial charge on any atom is -0.294 e.